The first-order valence-corrected chi connectivity index (χ1v) is 15.7. The monoisotopic (exact) mass is 691 g/mol. The largest absolute Gasteiger partial charge is 0.460 e. The summed E-state index contributed by atoms with van der Waals surface area (Å²) in [6.07, 6.45) is 0. The topological polar surface area (TPSA) is 164 Å². The van der Waals surface area contributed by atoms with E-state index in [1.54, 1.807) is 108 Å². The van der Waals surface area contributed by atoms with Gasteiger partial charge in [0.15, 0.2) is 0 Å². The van der Waals surface area contributed by atoms with Gasteiger partial charge in [-0.15, -0.1) is 0 Å². The van der Waals surface area contributed by atoms with E-state index in [-0.39, 0.29) is 48.4 Å². The highest BCUT2D eigenvalue weighted by atomic mass is 35.5. The minimum atomic E-state index is -0.575. The zero-order chi connectivity index (χ0) is 35.5. The van der Waals surface area contributed by atoms with Crippen molar-refractivity contribution in [2.75, 3.05) is 36.5 Å². The second kappa shape index (κ2) is 16.6. The number of carbonyl (C=O) groups is 3. The molecule has 2 N–H and O–H groups in total. The lowest BCUT2D eigenvalue weighted by molar-refractivity contribution is -0.384. The van der Waals surface area contributed by atoms with Gasteiger partial charge in [-0.25, -0.2) is 15.1 Å². The smallest absolute Gasteiger partial charge is 0.338 e. The molecule has 0 heterocycles. The molecular weight excluding hydrogens is 662 g/mol. The summed E-state index contributed by atoms with van der Waals surface area (Å²) in [5, 5.41) is 18.1. The maximum absolute atomic E-state index is 13.5. The molecule has 0 atom stereocenters. The number of hydrogen-bond donors (Lipinski definition) is 2. The Balaban J connectivity index is 1.52. The predicted molar refractivity (Wildman–Crippen MR) is 188 cm³/mol. The molecule has 0 aliphatic rings. The van der Waals surface area contributed by atoms with Gasteiger partial charge in [-0.05, 0) is 48.5 Å². The van der Waals surface area contributed by atoms with Crippen LogP contribution in [0.25, 0.3) is 11.1 Å². The van der Waals surface area contributed by atoms with Crippen LogP contribution in [0.5, 0.6) is 0 Å². The Hall–Kier alpha value is -6.40. The number of anilines is 2. The second-order valence-electron chi connectivity index (χ2n) is 10.7. The Labute approximate surface area is 291 Å². The van der Waals surface area contributed by atoms with Gasteiger partial charge in [0.25, 0.3) is 11.6 Å². The van der Waals surface area contributed by atoms with Crippen molar-refractivity contribution in [2.24, 2.45) is 5.11 Å². The molecule has 0 aliphatic carbocycles. The number of amides is 1. The molecule has 50 heavy (non-hydrogen) atoms. The number of non-ortho nitro benzene ring substituents is 1. The maximum atomic E-state index is 13.5. The SMILES string of the molecule is N=Nc1c(N(CCOC(=O)c2ccccc2)CCOC(=O)c2ccccc2)ccc(-c2ccc([N+](=O)[O-])cc2Cl)c1NC(=O)c1ccccc1. The molecule has 0 aromatic heterocycles. The Morgan fingerprint density at radius 1 is 0.740 bits per heavy atom. The molecule has 0 bridgehead atoms. The molecule has 0 unspecified atom stereocenters. The van der Waals surface area contributed by atoms with Gasteiger partial charge >= 0.3 is 11.9 Å². The van der Waals surface area contributed by atoms with Crippen molar-refractivity contribution in [3.8, 4) is 11.1 Å². The summed E-state index contributed by atoms with van der Waals surface area (Å²) in [5.74, 6) is -1.58. The van der Waals surface area contributed by atoms with Gasteiger partial charge in [-0.2, -0.15) is 5.11 Å². The van der Waals surface area contributed by atoms with Crippen LogP contribution in [0.3, 0.4) is 0 Å². The van der Waals surface area contributed by atoms with Crippen LogP contribution in [0.4, 0.5) is 22.7 Å². The molecule has 0 spiro atoms. The standard InChI is InChI=1S/C37H30ClN5O7/c38-31-24-28(43(47)48)16-17-29(31)30-18-19-32(34(41-39)33(30)40-35(44)25-10-4-1-5-11-25)42(20-22-49-36(45)26-12-6-2-7-13-26)21-23-50-37(46)27-14-8-3-9-15-27/h1-19,24,39H,20-23H2,(H,40,44). The molecule has 0 saturated heterocycles. The van der Waals surface area contributed by atoms with Crippen LogP contribution in [-0.4, -0.2) is 49.1 Å². The minimum absolute atomic E-state index is 0.0185. The average Bonchev–Trinajstić information content (AvgIpc) is 3.15. The zero-order valence-electron chi connectivity index (χ0n) is 26.5. The van der Waals surface area contributed by atoms with E-state index in [2.05, 4.69) is 10.4 Å². The van der Waals surface area contributed by atoms with Gasteiger partial charge in [0.2, 0.25) is 0 Å². The van der Waals surface area contributed by atoms with Crippen molar-refractivity contribution < 1.29 is 28.8 Å². The molecule has 0 aliphatic heterocycles. The van der Waals surface area contributed by atoms with Crippen LogP contribution in [0, 0.1) is 15.6 Å². The van der Waals surface area contributed by atoms with Crippen molar-refractivity contribution in [1.29, 1.82) is 5.53 Å². The molecule has 0 saturated carbocycles. The molecule has 1 amide bonds. The van der Waals surface area contributed by atoms with Crippen LogP contribution in [0.15, 0.2) is 126 Å². The maximum Gasteiger partial charge on any atom is 0.338 e. The fourth-order valence-corrected chi connectivity index (χ4v) is 5.35. The number of nitrogens with zero attached hydrogens (tertiary/aromatic N) is 3. The van der Waals surface area contributed by atoms with Crippen molar-refractivity contribution in [3.05, 3.63) is 153 Å². The van der Waals surface area contributed by atoms with E-state index in [9.17, 15) is 24.5 Å². The van der Waals surface area contributed by atoms with E-state index in [4.69, 9.17) is 26.6 Å². The lowest BCUT2D eigenvalue weighted by Crippen LogP contribution is -2.32. The summed E-state index contributed by atoms with van der Waals surface area (Å²) in [4.78, 5) is 51.4. The first-order chi connectivity index (χ1) is 24.3. The highest BCUT2D eigenvalue weighted by Gasteiger charge is 2.24. The van der Waals surface area contributed by atoms with Gasteiger partial charge in [0, 0.05) is 28.8 Å². The van der Waals surface area contributed by atoms with Crippen molar-refractivity contribution in [3.63, 3.8) is 0 Å². The third-order valence-electron chi connectivity index (χ3n) is 7.54. The number of rotatable bonds is 14. The molecule has 252 valence electrons. The van der Waals surface area contributed by atoms with E-state index in [0.717, 1.165) is 0 Å². The minimum Gasteiger partial charge on any atom is -0.460 e. The normalized spacial score (nSPS) is 10.5. The van der Waals surface area contributed by atoms with E-state index in [1.165, 1.54) is 18.2 Å². The summed E-state index contributed by atoms with van der Waals surface area (Å²) < 4.78 is 11.1. The van der Waals surface area contributed by atoms with Gasteiger partial charge < -0.3 is 19.7 Å². The van der Waals surface area contributed by atoms with Crippen LogP contribution in [-0.2, 0) is 9.47 Å². The third-order valence-corrected chi connectivity index (χ3v) is 7.86. The van der Waals surface area contributed by atoms with Crippen molar-refractivity contribution >= 4 is 52.2 Å². The molecule has 5 aromatic rings. The highest BCUT2D eigenvalue weighted by molar-refractivity contribution is 6.34. The Kier molecular flexibility index (Phi) is 11.6. The van der Waals surface area contributed by atoms with Crippen LogP contribution in [0.1, 0.15) is 31.1 Å². The van der Waals surface area contributed by atoms with Crippen LogP contribution >= 0.6 is 11.6 Å². The van der Waals surface area contributed by atoms with Gasteiger partial charge in [0.05, 0.1) is 45.5 Å². The molecular formula is C37H30ClN5O7. The number of nitro benzene ring substituents is 1. The summed E-state index contributed by atoms with van der Waals surface area (Å²) in [6.45, 7) is 0.0141. The summed E-state index contributed by atoms with van der Waals surface area (Å²) in [5.41, 5.74) is 10.2. The average molecular weight is 692 g/mol. The molecule has 12 nitrogen and oxygen atoms in total. The lowest BCUT2D eigenvalue weighted by Gasteiger charge is -2.27. The van der Waals surface area contributed by atoms with E-state index >= 15 is 0 Å². The highest BCUT2D eigenvalue weighted by Crippen LogP contribution is 2.45. The summed E-state index contributed by atoms with van der Waals surface area (Å²) >= 11 is 6.53. The fourth-order valence-electron chi connectivity index (χ4n) is 5.08. The lowest BCUT2D eigenvalue weighted by atomic mass is 10.00. The Morgan fingerprint density at radius 2 is 1.24 bits per heavy atom. The Bertz CT molecular complexity index is 1950. The number of benzene rings is 5. The first-order valence-electron chi connectivity index (χ1n) is 15.3. The second-order valence-corrected chi connectivity index (χ2v) is 11.1. The molecule has 5 rings (SSSR count). The number of ether oxygens (including phenoxy) is 2. The number of nitro groups is 1. The molecule has 0 radical (unpaired) electrons. The fraction of sp³-hybridized carbons (Fsp3) is 0.108. The van der Waals surface area contributed by atoms with Gasteiger partial charge in [0.1, 0.15) is 18.9 Å². The van der Waals surface area contributed by atoms with Crippen LogP contribution < -0.4 is 10.2 Å². The van der Waals surface area contributed by atoms with Crippen molar-refractivity contribution in [2.45, 2.75) is 0 Å². The number of halogens is 1. The van der Waals surface area contributed by atoms with E-state index in [1.807, 2.05) is 0 Å². The zero-order valence-corrected chi connectivity index (χ0v) is 27.2. The molecule has 13 heteroatoms. The number of esters is 2. The third kappa shape index (κ3) is 8.54. The van der Waals surface area contributed by atoms with E-state index < -0.39 is 22.8 Å². The first kappa shape index (κ1) is 34.9. The van der Waals surface area contributed by atoms with Crippen LogP contribution in [0.2, 0.25) is 5.02 Å². The molecule has 5 aromatic carbocycles. The summed E-state index contributed by atoms with van der Waals surface area (Å²) in [7, 11) is 0. The quantitative estimate of drug-likeness (QED) is 0.0507. The number of nitrogens with one attached hydrogen (secondary N) is 2. The van der Waals surface area contributed by atoms with Crippen molar-refractivity contribution in [1.82, 2.24) is 0 Å². The molecule has 0 fully saturated rings. The van der Waals surface area contributed by atoms with Gasteiger partial charge in [-0.3, -0.25) is 14.9 Å². The predicted octanol–water partition coefficient (Wildman–Crippen LogP) is 8.35. The van der Waals surface area contributed by atoms with Gasteiger partial charge in [-0.1, -0.05) is 72.3 Å². The van der Waals surface area contributed by atoms with E-state index in [0.29, 0.717) is 33.5 Å². The Morgan fingerprint density at radius 3 is 1.72 bits per heavy atom. The number of hydrogen-bond acceptors (Lipinski definition) is 10. The summed E-state index contributed by atoms with van der Waals surface area (Å²) in [6, 6.07) is 32.5. The number of carbonyl (C=O) groups excluding carboxylic acids is 3.